The van der Waals surface area contributed by atoms with Gasteiger partial charge in [-0.25, -0.2) is 0 Å². The number of carbonyl (C=O) groups excluding carboxylic acids is 1. The number of allylic oxidation sites excluding steroid dienone is 2. The normalized spacial score (nSPS) is 52.4. The topological polar surface area (TPSA) is 37.3 Å². The summed E-state index contributed by atoms with van der Waals surface area (Å²) in [5, 5.41) is 10.8. The maximum Gasteiger partial charge on any atom is 0.159 e. The molecule has 0 unspecified atom stereocenters. The van der Waals surface area contributed by atoms with Gasteiger partial charge in [-0.1, -0.05) is 61.0 Å². The maximum atomic E-state index is 14.0. The van der Waals surface area contributed by atoms with Gasteiger partial charge in [-0.15, -0.1) is 0 Å². The predicted octanol–water partition coefficient (Wildman–Crippen LogP) is 7.35. The van der Waals surface area contributed by atoms with Crippen molar-refractivity contribution in [2.75, 3.05) is 0 Å². The van der Waals surface area contributed by atoms with Gasteiger partial charge in [0.2, 0.25) is 0 Å². The second-order valence-corrected chi connectivity index (χ2v) is 14.6. The molecule has 0 spiro atoms. The van der Waals surface area contributed by atoms with Crippen molar-refractivity contribution in [1.82, 2.24) is 0 Å². The van der Waals surface area contributed by atoms with Crippen molar-refractivity contribution in [2.45, 2.75) is 119 Å². The highest BCUT2D eigenvalue weighted by molar-refractivity contribution is 5.99. The van der Waals surface area contributed by atoms with E-state index in [4.69, 9.17) is 0 Å². The average Bonchev–Trinajstić information content (AvgIpc) is 3.07. The van der Waals surface area contributed by atoms with Gasteiger partial charge in [-0.05, 0) is 96.7 Å². The van der Waals surface area contributed by atoms with Crippen molar-refractivity contribution in [3.63, 3.8) is 0 Å². The molecule has 3 saturated carbocycles. The quantitative estimate of drug-likeness (QED) is 0.463. The van der Waals surface area contributed by atoms with E-state index in [0.29, 0.717) is 17.6 Å². The molecule has 5 aliphatic rings. The van der Waals surface area contributed by atoms with Crippen LogP contribution in [0.1, 0.15) is 113 Å². The Morgan fingerprint density at radius 1 is 0.875 bits per heavy atom. The van der Waals surface area contributed by atoms with E-state index >= 15 is 0 Å². The Kier molecular flexibility index (Phi) is 4.87. The third-order valence-electron chi connectivity index (χ3n) is 13.0. The van der Waals surface area contributed by atoms with Crippen LogP contribution in [0.5, 0.6) is 0 Å². The van der Waals surface area contributed by atoms with Gasteiger partial charge < -0.3 is 5.11 Å². The van der Waals surface area contributed by atoms with E-state index in [0.717, 1.165) is 37.0 Å². The van der Waals surface area contributed by atoms with Gasteiger partial charge >= 0.3 is 0 Å². The second-order valence-electron chi connectivity index (χ2n) is 14.6. The summed E-state index contributed by atoms with van der Waals surface area (Å²) in [6, 6.07) is 0. The maximum absolute atomic E-state index is 14.0. The number of rotatable bonds is 1. The molecule has 0 radical (unpaired) electrons. The zero-order valence-corrected chi connectivity index (χ0v) is 22.1. The number of hydrogen-bond donors (Lipinski definition) is 1. The summed E-state index contributed by atoms with van der Waals surface area (Å²) in [6.45, 7) is 19.4. The summed E-state index contributed by atoms with van der Waals surface area (Å²) in [7, 11) is 0. The molecular weight excluding hydrogens is 392 g/mol. The first-order valence-corrected chi connectivity index (χ1v) is 13.7. The highest BCUT2D eigenvalue weighted by atomic mass is 16.3. The van der Waals surface area contributed by atoms with Crippen LogP contribution in [0, 0.1) is 50.7 Å². The lowest BCUT2D eigenvalue weighted by atomic mass is 9.37. The van der Waals surface area contributed by atoms with Gasteiger partial charge in [0.05, 0.1) is 6.10 Å². The molecule has 3 fully saturated rings. The summed E-state index contributed by atoms with van der Waals surface area (Å²) in [5.74, 6) is 3.01. The van der Waals surface area contributed by atoms with Crippen molar-refractivity contribution >= 4 is 5.78 Å². The summed E-state index contributed by atoms with van der Waals surface area (Å²) in [5.41, 5.74) is 3.35. The van der Waals surface area contributed by atoms with Crippen molar-refractivity contribution in [2.24, 2.45) is 50.7 Å². The average molecular weight is 441 g/mol. The minimum absolute atomic E-state index is 0.0158. The highest BCUT2D eigenvalue weighted by Crippen LogP contribution is 2.75. The fourth-order valence-electron chi connectivity index (χ4n) is 10.9. The first kappa shape index (κ1) is 23.1. The van der Waals surface area contributed by atoms with Crippen LogP contribution in [0.4, 0.5) is 0 Å². The number of aliphatic hydroxyl groups is 1. The third-order valence-corrected chi connectivity index (χ3v) is 13.0. The molecular formula is C30H48O2. The zero-order chi connectivity index (χ0) is 23.5. The molecule has 0 aromatic heterocycles. The van der Waals surface area contributed by atoms with Crippen LogP contribution >= 0.6 is 0 Å². The summed E-state index contributed by atoms with van der Waals surface area (Å²) in [6.07, 6.45) is 9.78. The van der Waals surface area contributed by atoms with Gasteiger partial charge in [0.1, 0.15) is 0 Å². The first-order valence-electron chi connectivity index (χ1n) is 13.7. The lowest BCUT2D eigenvalue weighted by Crippen LogP contribution is -2.61. The SMILES string of the molecule is CC(C)[C@H]1CC[C@@H]2[C@]1(C)CC[C@]1(C)C3=C(CC[C@@]21C)[C@@]1(C)CC[C@H](O)C(C)(C)[C@@H]1CC3=O. The van der Waals surface area contributed by atoms with Crippen molar-refractivity contribution in [3.8, 4) is 0 Å². The number of Topliss-reactive ketones (excluding diaryl/α,β-unsaturated/α-hetero) is 1. The van der Waals surface area contributed by atoms with Crippen molar-refractivity contribution in [1.29, 1.82) is 0 Å². The van der Waals surface area contributed by atoms with Gasteiger partial charge in [0.15, 0.2) is 5.78 Å². The van der Waals surface area contributed by atoms with E-state index in [1.807, 2.05) is 0 Å². The lowest BCUT2D eigenvalue weighted by Gasteiger charge is -2.66. The Hall–Kier alpha value is -0.630. The third kappa shape index (κ3) is 2.55. The Balaban J connectivity index is 1.62. The van der Waals surface area contributed by atoms with Gasteiger partial charge in [0.25, 0.3) is 0 Å². The van der Waals surface area contributed by atoms with Crippen LogP contribution in [0.25, 0.3) is 0 Å². The Bertz CT molecular complexity index is 866. The minimum Gasteiger partial charge on any atom is -0.393 e. The monoisotopic (exact) mass is 440 g/mol. The smallest absolute Gasteiger partial charge is 0.159 e. The molecule has 2 heteroatoms. The molecule has 0 bridgehead atoms. The summed E-state index contributed by atoms with van der Waals surface area (Å²) in [4.78, 5) is 14.0. The van der Waals surface area contributed by atoms with E-state index in [2.05, 4.69) is 55.4 Å². The lowest BCUT2D eigenvalue weighted by molar-refractivity contribution is -0.145. The number of carbonyl (C=O) groups is 1. The van der Waals surface area contributed by atoms with Gasteiger partial charge in [0, 0.05) is 17.4 Å². The van der Waals surface area contributed by atoms with E-state index in [1.165, 1.54) is 43.3 Å². The first-order chi connectivity index (χ1) is 14.7. The summed E-state index contributed by atoms with van der Waals surface area (Å²) >= 11 is 0. The molecule has 180 valence electrons. The number of aliphatic hydroxyl groups excluding tert-OH is 1. The molecule has 5 rings (SSSR count). The number of fused-ring (bicyclic) bond motifs is 6. The van der Waals surface area contributed by atoms with Crippen LogP contribution in [0.3, 0.4) is 0 Å². The Morgan fingerprint density at radius 3 is 2.22 bits per heavy atom. The van der Waals surface area contributed by atoms with Crippen LogP contribution < -0.4 is 0 Å². The molecule has 32 heavy (non-hydrogen) atoms. The zero-order valence-electron chi connectivity index (χ0n) is 22.1. The molecule has 0 aliphatic heterocycles. The van der Waals surface area contributed by atoms with E-state index in [-0.39, 0.29) is 33.7 Å². The van der Waals surface area contributed by atoms with E-state index in [9.17, 15) is 9.90 Å². The predicted molar refractivity (Wildman–Crippen MR) is 131 cm³/mol. The largest absolute Gasteiger partial charge is 0.393 e. The van der Waals surface area contributed by atoms with Crippen LogP contribution in [0.15, 0.2) is 11.1 Å². The van der Waals surface area contributed by atoms with E-state index in [1.54, 1.807) is 0 Å². The van der Waals surface area contributed by atoms with Crippen molar-refractivity contribution < 1.29 is 9.90 Å². The van der Waals surface area contributed by atoms with Crippen LogP contribution in [-0.2, 0) is 4.79 Å². The molecule has 1 N–H and O–H groups in total. The molecule has 0 amide bonds. The van der Waals surface area contributed by atoms with E-state index < -0.39 is 0 Å². The molecule has 0 heterocycles. The highest BCUT2D eigenvalue weighted by Gasteiger charge is 2.68. The number of hydrogen-bond acceptors (Lipinski definition) is 2. The molecule has 0 aromatic carbocycles. The summed E-state index contributed by atoms with van der Waals surface area (Å²) < 4.78 is 0. The molecule has 2 nitrogen and oxygen atoms in total. The minimum atomic E-state index is -0.290. The fourth-order valence-corrected chi connectivity index (χ4v) is 10.9. The molecule has 8 atom stereocenters. The molecule has 5 aliphatic carbocycles. The number of ketones is 1. The van der Waals surface area contributed by atoms with Crippen LogP contribution in [-0.4, -0.2) is 17.0 Å². The van der Waals surface area contributed by atoms with Gasteiger partial charge in [-0.2, -0.15) is 0 Å². The fraction of sp³-hybridized carbons (Fsp3) is 0.900. The standard InChI is InChI=1S/C30H48O2/c1-18(2)19-9-10-22-28(19,6)15-16-30(8)25-20(11-14-29(22,30)7)27(5)13-12-24(32)26(3,4)23(27)17-21(25)31/h18-19,22-24,32H,9-17H2,1-8H3/t19-,22-,23+,24+,27-,28-,29+,30-/m1/s1. The Morgan fingerprint density at radius 2 is 1.56 bits per heavy atom. The Labute approximate surface area is 197 Å². The van der Waals surface area contributed by atoms with Crippen molar-refractivity contribution in [3.05, 3.63) is 11.1 Å². The second kappa shape index (κ2) is 6.73. The molecule has 0 saturated heterocycles. The van der Waals surface area contributed by atoms with Gasteiger partial charge in [-0.3, -0.25) is 4.79 Å². The van der Waals surface area contributed by atoms with Crippen LogP contribution in [0.2, 0.25) is 0 Å². The molecule has 0 aromatic rings.